The van der Waals surface area contributed by atoms with Gasteiger partial charge in [0.2, 0.25) is 5.91 Å². The van der Waals surface area contributed by atoms with E-state index >= 15 is 0 Å². The first-order valence-corrected chi connectivity index (χ1v) is 5.14. The van der Waals surface area contributed by atoms with Crippen molar-refractivity contribution < 1.29 is 4.79 Å². The third kappa shape index (κ3) is 2.82. The lowest BCUT2D eigenvalue weighted by atomic mass is 10.5. The predicted octanol–water partition coefficient (Wildman–Crippen LogP) is 1.32. The number of anilines is 1. The van der Waals surface area contributed by atoms with Gasteiger partial charge in [-0.1, -0.05) is 6.92 Å². The molecule has 0 atom stereocenters. The third-order valence-electron chi connectivity index (χ3n) is 1.74. The number of nitrogens with zero attached hydrogens (tertiary/aromatic N) is 1. The summed E-state index contributed by atoms with van der Waals surface area (Å²) in [4.78, 5) is 13.1. The molecular weight excluding hydrogens is 184 g/mol. The van der Waals surface area contributed by atoms with Crippen LogP contribution in [0.15, 0.2) is 17.5 Å². The lowest BCUT2D eigenvalue weighted by Crippen LogP contribution is -2.34. The Balaban J connectivity index is 2.48. The number of thiophene rings is 1. The molecule has 1 rings (SSSR count). The van der Waals surface area contributed by atoms with Gasteiger partial charge in [-0.2, -0.15) is 0 Å². The van der Waals surface area contributed by atoms with Crippen molar-refractivity contribution in [2.24, 2.45) is 0 Å². The highest BCUT2D eigenvalue weighted by atomic mass is 32.1. The van der Waals surface area contributed by atoms with Crippen molar-refractivity contribution in [3.63, 3.8) is 0 Å². The van der Waals surface area contributed by atoms with Gasteiger partial charge in [0, 0.05) is 7.05 Å². The van der Waals surface area contributed by atoms with Gasteiger partial charge >= 0.3 is 0 Å². The summed E-state index contributed by atoms with van der Waals surface area (Å²) in [6, 6.07) is 3.88. The van der Waals surface area contributed by atoms with Crippen molar-refractivity contribution in [2.45, 2.75) is 6.92 Å². The molecule has 0 aromatic carbocycles. The molecule has 0 saturated carbocycles. The first-order valence-electron chi connectivity index (χ1n) is 4.26. The fourth-order valence-electron chi connectivity index (χ4n) is 0.934. The Morgan fingerprint density at radius 1 is 1.69 bits per heavy atom. The lowest BCUT2D eigenvalue weighted by Gasteiger charge is -2.14. The average molecular weight is 198 g/mol. The topological polar surface area (TPSA) is 32.3 Å². The fourth-order valence-corrected chi connectivity index (χ4v) is 1.65. The van der Waals surface area contributed by atoms with Crippen molar-refractivity contribution in [1.82, 2.24) is 5.32 Å². The highest BCUT2D eigenvalue weighted by Gasteiger charge is 2.09. The van der Waals surface area contributed by atoms with Crippen LogP contribution in [0.1, 0.15) is 6.92 Å². The van der Waals surface area contributed by atoms with Crippen LogP contribution in [0.4, 0.5) is 5.00 Å². The number of carbonyl (C=O) groups excluding carboxylic acids is 1. The standard InChI is InChI=1S/C9H14N2OS/c1-3-10-7-8(12)11(2)9-5-4-6-13-9/h4-6,10H,3,7H2,1-2H3. The summed E-state index contributed by atoms with van der Waals surface area (Å²) in [6.45, 7) is 3.22. The van der Waals surface area contributed by atoms with E-state index in [0.717, 1.165) is 11.5 Å². The van der Waals surface area contributed by atoms with Crippen LogP contribution in [0, 0.1) is 0 Å². The van der Waals surface area contributed by atoms with Crippen LogP contribution < -0.4 is 10.2 Å². The molecule has 0 unspecified atom stereocenters. The highest BCUT2D eigenvalue weighted by molar-refractivity contribution is 7.14. The van der Waals surface area contributed by atoms with Gasteiger partial charge in [0.1, 0.15) is 0 Å². The van der Waals surface area contributed by atoms with Gasteiger partial charge in [-0.15, -0.1) is 11.3 Å². The van der Waals surface area contributed by atoms with Crippen LogP contribution in [0.3, 0.4) is 0 Å². The van der Waals surface area contributed by atoms with Crippen LogP contribution in [-0.4, -0.2) is 26.0 Å². The van der Waals surface area contributed by atoms with Gasteiger partial charge in [0.25, 0.3) is 0 Å². The van der Waals surface area contributed by atoms with E-state index in [1.165, 1.54) is 0 Å². The summed E-state index contributed by atoms with van der Waals surface area (Å²) in [5.74, 6) is 0.101. The zero-order valence-electron chi connectivity index (χ0n) is 7.91. The number of amides is 1. The Bertz CT molecular complexity index is 259. The van der Waals surface area contributed by atoms with E-state index in [2.05, 4.69) is 5.32 Å². The average Bonchev–Trinajstić information content (AvgIpc) is 2.65. The molecule has 1 heterocycles. The predicted molar refractivity (Wildman–Crippen MR) is 56.3 cm³/mol. The summed E-state index contributed by atoms with van der Waals surface area (Å²) < 4.78 is 0. The van der Waals surface area contributed by atoms with E-state index in [0.29, 0.717) is 6.54 Å². The first kappa shape index (κ1) is 10.2. The van der Waals surface area contributed by atoms with Gasteiger partial charge < -0.3 is 10.2 Å². The van der Waals surface area contributed by atoms with Crippen LogP contribution in [0.5, 0.6) is 0 Å². The minimum atomic E-state index is 0.101. The monoisotopic (exact) mass is 198 g/mol. The second kappa shape index (κ2) is 4.99. The molecule has 0 saturated heterocycles. The quantitative estimate of drug-likeness (QED) is 0.791. The van der Waals surface area contributed by atoms with E-state index in [1.807, 2.05) is 24.4 Å². The Kier molecular flexibility index (Phi) is 3.92. The molecule has 4 heteroatoms. The van der Waals surface area contributed by atoms with Crippen molar-refractivity contribution in [3.05, 3.63) is 17.5 Å². The second-order valence-electron chi connectivity index (χ2n) is 2.68. The zero-order valence-corrected chi connectivity index (χ0v) is 8.73. The summed E-state index contributed by atoms with van der Waals surface area (Å²) >= 11 is 1.57. The van der Waals surface area contributed by atoms with E-state index in [-0.39, 0.29) is 5.91 Å². The smallest absolute Gasteiger partial charge is 0.241 e. The number of rotatable bonds is 4. The maximum Gasteiger partial charge on any atom is 0.241 e. The van der Waals surface area contributed by atoms with E-state index in [4.69, 9.17) is 0 Å². The largest absolute Gasteiger partial charge is 0.309 e. The molecule has 0 fully saturated rings. The molecule has 0 bridgehead atoms. The molecule has 1 aromatic heterocycles. The number of hydrogen-bond donors (Lipinski definition) is 1. The number of hydrogen-bond acceptors (Lipinski definition) is 3. The molecule has 0 radical (unpaired) electrons. The summed E-state index contributed by atoms with van der Waals surface area (Å²) in [5, 5.41) is 5.96. The van der Waals surface area contributed by atoms with E-state index in [9.17, 15) is 4.79 Å². The summed E-state index contributed by atoms with van der Waals surface area (Å²) in [6.07, 6.45) is 0. The molecule has 72 valence electrons. The van der Waals surface area contributed by atoms with Crippen LogP contribution in [-0.2, 0) is 4.79 Å². The van der Waals surface area contributed by atoms with Gasteiger partial charge in [0.15, 0.2) is 0 Å². The second-order valence-corrected chi connectivity index (χ2v) is 3.61. The molecule has 3 nitrogen and oxygen atoms in total. The van der Waals surface area contributed by atoms with Gasteiger partial charge in [-0.25, -0.2) is 0 Å². The maximum absolute atomic E-state index is 11.5. The first-order chi connectivity index (χ1) is 6.25. The van der Waals surface area contributed by atoms with Crippen molar-refractivity contribution in [2.75, 3.05) is 25.0 Å². The van der Waals surface area contributed by atoms with Gasteiger partial charge in [-0.05, 0) is 24.1 Å². The van der Waals surface area contributed by atoms with Gasteiger partial charge in [-0.3, -0.25) is 4.79 Å². The SMILES string of the molecule is CCNCC(=O)N(C)c1cccs1. The Hall–Kier alpha value is -0.870. The van der Waals surface area contributed by atoms with Crippen LogP contribution >= 0.6 is 11.3 Å². The number of carbonyl (C=O) groups is 1. The summed E-state index contributed by atoms with van der Waals surface area (Å²) in [7, 11) is 1.80. The molecule has 1 N–H and O–H groups in total. The molecule has 13 heavy (non-hydrogen) atoms. The molecule has 0 aliphatic heterocycles. The molecule has 1 aromatic rings. The van der Waals surface area contributed by atoms with Crippen LogP contribution in [0.2, 0.25) is 0 Å². The van der Waals surface area contributed by atoms with Crippen molar-refractivity contribution in [1.29, 1.82) is 0 Å². The molecule has 0 spiro atoms. The van der Waals surface area contributed by atoms with Crippen molar-refractivity contribution in [3.8, 4) is 0 Å². The molecule has 0 aliphatic carbocycles. The lowest BCUT2D eigenvalue weighted by molar-refractivity contribution is -0.117. The fraction of sp³-hybridized carbons (Fsp3) is 0.444. The summed E-state index contributed by atoms with van der Waals surface area (Å²) in [5.41, 5.74) is 0. The number of nitrogens with one attached hydrogen (secondary N) is 1. The van der Waals surface area contributed by atoms with E-state index in [1.54, 1.807) is 23.3 Å². The third-order valence-corrected chi connectivity index (χ3v) is 2.68. The van der Waals surface area contributed by atoms with Crippen molar-refractivity contribution >= 4 is 22.2 Å². The molecular formula is C9H14N2OS. The Morgan fingerprint density at radius 2 is 2.46 bits per heavy atom. The van der Waals surface area contributed by atoms with E-state index < -0.39 is 0 Å². The Labute approximate surface area is 82.4 Å². The normalized spacial score (nSPS) is 10.0. The van der Waals surface area contributed by atoms with Gasteiger partial charge in [0.05, 0.1) is 11.5 Å². The molecule has 0 aliphatic rings. The maximum atomic E-state index is 11.5. The highest BCUT2D eigenvalue weighted by Crippen LogP contribution is 2.19. The number of likely N-dealkylation sites (N-methyl/N-ethyl adjacent to an activating group) is 2. The minimum absolute atomic E-state index is 0.101. The zero-order chi connectivity index (χ0) is 9.68. The Morgan fingerprint density at radius 3 is 3.00 bits per heavy atom. The minimum Gasteiger partial charge on any atom is -0.309 e. The van der Waals surface area contributed by atoms with Crippen LogP contribution in [0.25, 0.3) is 0 Å². The molecule has 1 amide bonds.